The largest absolute Gasteiger partial charge is 0.455 e. The van der Waals surface area contributed by atoms with E-state index in [1.54, 1.807) is 0 Å². The molecule has 0 fully saturated rings. The van der Waals surface area contributed by atoms with E-state index in [1.165, 1.54) is 10.9 Å². The molecule has 5 aromatic carbocycles. The highest BCUT2D eigenvalue weighted by Gasteiger charge is 2.18. The van der Waals surface area contributed by atoms with Crippen LogP contribution in [0.3, 0.4) is 0 Å². The number of aromatic nitrogens is 3. The Labute approximate surface area is 219 Å². The first kappa shape index (κ1) is 21.3. The van der Waals surface area contributed by atoms with Crippen LogP contribution in [0.2, 0.25) is 0 Å². The molecule has 0 unspecified atom stereocenters. The first-order valence-corrected chi connectivity index (χ1v) is 13.2. The van der Waals surface area contributed by atoms with Crippen LogP contribution in [-0.2, 0) is 6.42 Å². The van der Waals surface area contributed by atoms with Crippen molar-refractivity contribution in [3.8, 4) is 11.4 Å². The number of fused-ring (bicyclic) bond motifs is 8. The average molecular weight is 492 g/mol. The SMILES string of the molecule is CCCc1nc2ccccc2n1-c1ccc(-n2c3ccccc3c3c4oc5ccccc5c4ccc32)cc1. The molecule has 38 heavy (non-hydrogen) atoms. The van der Waals surface area contributed by atoms with Gasteiger partial charge >= 0.3 is 0 Å². The van der Waals surface area contributed by atoms with Gasteiger partial charge in [-0.1, -0.05) is 55.5 Å². The van der Waals surface area contributed by atoms with E-state index >= 15 is 0 Å². The third kappa shape index (κ3) is 2.94. The molecule has 3 heterocycles. The van der Waals surface area contributed by atoms with Gasteiger partial charge in [0.1, 0.15) is 17.0 Å². The second kappa shape index (κ2) is 8.09. The highest BCUT2D eigenvalue weighted by atomic mass is 16.3. The molecule has 182 valence electrons. The van der Waals surface area contributed by atoms with E-state index in [1.807, 2.05) is 12.1 Å². The molecule has 0 bridgehead atoms. The van der Waals surface area contributed by atoms with Gasteiger partial charge in [0, 0.05) is 34.0 Å². The van der Waals surface area contributed by atoms with Gasteiger partial charge in [0.05, 0.1) is 27.5 Å². The lowest BCUT2D eigenvalue weighted by molar-refractivity contribution is 0.673. The van der Waals surface area contributed by atoms with Crippen LogP contribution in [0, 0.1) is 0 Å². The summed E-state index contributed by atoms with van der Waals surface area (Å²) in [7, 11) is 0. The Hall–Kier alpha value is -4.83. The van der Waals surface area contributed by atoms with E-state index in [2.05, 4.69) is 113 Å². The third-order valence-electron chi connectivity index (χ3n) is 7.65. The van der Waals surface area contributed by atoms with E-state index in [4.69, 9.17) is 9.40 Å². The Morgan fingerprint density at radius 3 is 2.11 bits per heavy atom. The zero-order valence-corrected chi connectivity index (χ0v) is 21.1. The van der Waals surface area contributed by atoms with Crippen molar-refractivity contribution < 1.29 is 4.42 Å². The van der Waals surface area contributed by atoms with Crippen molar-refractivity contribution in [2.75, 3.05) is 0 Å². The van der Waals surface area contributed by atoms with Gasteiger partial charge in [-0.15, -0.1) is 0 Å². The standard InChI is InChI=1S/C34H25N3O/c1-2-9-32-35-27-12-5-7-14-29(27)37(32)23-18-16-22(17-19-23)36-28-13-6-3-11-26(28)33-30(36)21-20-25-24-10-4-8-15-31(24)38-34(25)33/h3-8,10-21H,2,9H2,1H3. The number of imidazole rings is 1. The molecule has 3 aromatic heterocycles. The summed E-state index contributed by atoms with van der Waals surface area (Å²) in [5.74, 6) is 1.10. The molecule has 4 heteroatoms. The molecule has 8 rings (SSSR count). The minimum Gasteiger partial charge on any atom is -0.455 e. The number of para-hydroxylation sites is 4. The molecule has 8 aromatic rings. The Balaban J connectivity index is 1.36. The molecule has 0 aliphatic rings. The van der Waals surface area contributed by atoms with Crippen LogP contribution in [0.1, 0.15) is 19.2 Å². The molecule has 0 saturated carbocycles. The fraction of sp³-hybridized carbons (Fsp3) is 0.0882. The van der Waals surface area contributed by atoms with Crippen molar-refractivity contribution in [2.45, 2.75) is 19.8 Å². The van der Waals surface area contributed by atoms with Gasteiger partial charge in [-0.05, 0) is 67.1 Å². The summed E-state index contributed by atoms with van der Waals surface area (Å²) < 4.78 is 11.1. The summed E-state index contributed by atoms with van der Waals surface area (Å²) in [5.41, 5.74) is 8.62. The number of nitrogens with zero attached hydrogens (tertiary/aromatic N) is 3. The van der Waals surface area contributed by atoms with Crippen molar-refractivity contribution in [3.63, 3.8) is 0 Å². The van der Waals surface area contributed by atoms with Crippen LogP contribution in [0.15, 0.2) is 114 Å². The fourth-order valence-corrected chi connectivity index (χ4v) is 6.02. The summed E-state index contributed by atoms with van der Waals surface area (Å²) in [6.07, 6.45) is 2.00. The molecule has 0 aliphatic carbocycles. The number of benzene rings is 5. The van der Waals surface area contributed by atoms with Gasteiger partial charge in [-0.3, -0.25) is 4.57 Å². The van der Waals surface area contributed by atoms with Crippen LogP contribution in [0.5, 0.6) is 0 Å². The summed E-state index contributed by atoms with van der Waals surface area (Å²) in [4.78, 5) is 4.93. The highest BCUT2D eigenvalue weighted by molar-refractivity contribution is 6.23. The second-order valence-corrected chi connectivity index (χ2v) is 9.91. The van der Waals surface area contributed by atoms with Crippen molar-refractivity contribution in [3.05, 3.63) is 115 Å². The third-order valence-corrected chi connectivity index (χ3v) is 7.65. The van der Waals surface area contributed by atoms with E-state index in [-0.39, 0.29) is 0 Å². The summed E-state index contributed by atoms with van der Waals surface area (Å²) in [6, 6.07) is 38.6. The van der Waals surface area contributed by atoms with E-state index in [0.717, 1.165) is 73.9 Å². The lowest BCUT2D eigenvalue weighted by Gasteiger charge is -2.12. The first-order valence-electron chi connectivity index (χ1n) is 13.2. The topological polar surface area (TPSA) is 35.9 Å². The van der Waals surface area contributed by atoms with Gasteiger partial charge in [-0.2, -0.15) is 0 Å². The molecule has 0 N–H and O–H groups in total. The monoisotopic (exact) mass is 491 g/mol. The molecular weight excluding hydrogens is 466 g/mol. The Morgan fingerprint density at radius 2 is 1.29 bits per heavy atom. The first-order chi connectivity index (χ1) is 18.8. The number of rotatable bonds is 4. The Bertz CT molecular complexity index is 2140. The minimum absolute atomic E-state index is 0.923. The zero-order chi connectivity index (χ0) is 25.2. The van der Waals surface area contributed by atoms with Crippen molar-refractivity contribution in [1.82, 2.24) is 14.1 Å². The van der Waals surface area contributed by atoms with Crippen molar-refractivity contribution in [1.29, 1.82) is 0 Å². The fourth-order valence-electron chi connectivity index (χ4n) is 6.02. The van der Waals surface area contributed by atoms with Crippen LogP contribution >= 0.6 is 0 Å². The van der Waals surface area contributed by atoms with E-state index in [0.29, 0.717) is 0 Å². The quantitative estimate of drug-likeness (QED) is 0.246. The molecule has 0 spiro atoms. The summed E-state index contributed by atoms with van der Waals surface area (Å²) in [6.45, 7) is 2.20. The number of hydrogen-bond donors (Lipinski definition) is 0. The molecular formula is C34H25N3O. The normalized spacial score (nSPS) is 12.0. The summed E-state index contributed by atoms with van der Waals surface area (Å²) >= 11 is 0. The predicted molar refractivity (Wildman–Crippen MR) is 157 cm³/mol. The maximum atomic E-state index is 6.44. The molecule has 0 amide bonds. The average Bonchev–Trinajstić information content (AvgIpc) is 3.62. The minimum atomic E-state index is 0.923. The number of aryl methyl sites for hydroxylation is 1. The highest BCUT2D eigenvalue weighted by Crippen LogP contribution is 2.40. The number of furan rings is 1. The van der Waals surface area contributed by atoms with Gasteiger partial charge in [0.15, 0.2) is 0 Å². The van der Waals surface area contributed by atoms with Crippen molar-refractivity contribution in [2.24, 2.45) is 0 Å². The Kier molecular flexibility index (Phi) is 4.53. The maximum Gasteiger partial charge on any atom is 0.145 e. The number of hydrogen-bond acceptors (Lipinski definition) is 2. The van der Waals surface area contributed by atoms with Crippen LogP contribution in [0.4, 0.5) is 0 Å². The van der Waals surface area contributed by atoms with E-state index in [9.17, 15) is 0 Å². The maximum absolute atomic E-state index is 6.44. The lowest BCUT2D eigenvalue weighted by atomic mass is 10.1. The summed E-state index contributed by atoms with van der Waals surface area (Å²) in [5, 5.41) is 4.66. The van der Waals surface area contributed by atoms with Gasteiger partial charge in [0.25, 0.3) is 0 Å². The second-order valence-electron chi connectivity index (χ2n) is 9.91. The smallest absolute Gasteiger partial charge is 0.145 e. The van der Waals surface area contributed by atoms with Crippen LogP contribution < -0.4 is 0 Å². The van der Waals surface area contributed by atoms with Gasteiger partial charge in [0.2, 0.25) is 0 Å². The van der Waals surface area contributed by atoms with Gasteiger partial charge in [-0.25, -0.2) is 4.98 Å². The van der Waals surface area contributed by atoms with Crippen molar-refractivity contribution >= 4 is 54.8 Å². The molecule has 4 nitrogen and oxygen atoms in total. The molecule has 0 radical (unpaired) electrons. The Morgan fingerprint density at radius 1 is 0.605 bits per heavy atom. The van der Waals surface area contributed by atoms with Crippen LogP contribution in [0.25, 0.3) is 66.2 Å². The predicted octanol–water partition coefficient (Wildman–Crippen LogP) is 8.97. The molecule has 0 aliphatic heterocycles. The molecule has 0 atom stereocenters. The molecule has 0 saturated heterocycles. The zero-order valence-electron chi connectivity index (χ0n) is 21.1. The van der Waals surface area contributed by atoms with Gasteiger partial charge < -0.3 is 8.98 Å². The van der Waals surface area contributed by atoms with Crippen LogP contribution in [-0.4, -0.2) is 14.1 Å². The van der Waals surface area contributed by atoms with E-state index < -0.39 is 0 Å². The lowest BCUT2D eigenvalue weighted by Crippen LogP contribution is -2.02.